The van der Waals surface area contributed by atoms with E-state index in [1.165, 1.54) is 5.56 Å². The summed E-state index contributed by atoms with van der Waals surface area (Å²) in [6, 6.07) is 8.05. The van der Waals surface area contributed by atoms with Crippen molar-refractivity contribution in [3.05, 3.63) is 35.4 Å². The molecular weight excluding hydrogens is 264 g/mol. The molecule has 2 N–H and O–H groups in total. The minimum absolute atomic E-state index is 0.0572. The number of carbonyl (C=O) groups excluding carboxylic acids is 1. The van der Waals surface area contributed by atoms with E-state index in [1.54, 1.807) is 0 Å². The predicted octanol–water partition coefficient (Wildman–Crippen LogP) is 1.70. The van der Waals surface area contributed by atoms with Crippen LogP contribution >= 0.6 is 0 Å². The summed E-state index contributed by atoms with van der Waals surface area (Å²) in [5.41, 5.74) is 2.34. The van der Waals surface area contributed by atoms with Crippen LogP contribution < -0.4 is 5.32 Å². The Morgan fingerprint density at radius 2 is 2.05 bits per heavy atom. The number of aliphatic hydroxyl groups excluding tert-OH is 1. The van der Waals surface area contributed by atoms with Crippen molar-refractivity contribution in [2.75, 3.05) is 13.1 Å². The average molecular weight is 290 g/mol. The van der Waals surface area contributed by atoms with Crippen LogP contribution in [0.5, 0.6) is 0 Å². The Hall–Kier alpha value is -1.39. The minimum Gasteiger partial charge on any atom is -0.393 e. The van der Waals surface area contributed by atoms with Gasteiger partial charge in [-0.25, -0.2) is 0 Å². The van der Waals surface area contributed by atoms with Crippen molar-refractivity contribution in [3.63, 3.8) is 0 Å². The molecule has 3 unspecified atom stereocenters. The van der Waals surface area contributed by atoms with Crippen molar-refractivity contribution < 1.29 is 9.90 Å². The monoisotopic (exact) mass is 290 g/mol. The Morgan fingerprint density at radius 1 is 1.38 bits per heavy atom. The van der Waals surface area contributed by atoms with Gasteiger partial charge in [0, 0.05) is 13.1 Å². The zero-order valence-corrected chi connectivity index (χ0v) is 13.2. The molecule has 1 aromatic carbocycles. The second kappa shape index (κ2) is 7.05. The van der Waals surface area contributed by atoms with E-state index in [4.69, 9.17) is 0 Å². The molecule has 0 aromatic heterocycles. The van der Waals surface area contributed by atoms with Crippen LogP contribution in [0.15, 0.2) is 24.3 Å². The van der Waals surface area contributed by atoms with Crippen LogP contribution in [0.2, 0.25) is 0 Å². The lowest BCUT2D eigenvalue weighted by Gasteiger charge is -2.24. The number of nitrogens with one attached hydrogen (secondary N) is 1. The Bertz CT molecular complexity index is 470. The van der Waals surface area contributed by atoms with E-state index in [9.17, 15) is 9.90 Å². The first kappa shape index (κ1) is 16.0. The summed E-state index contributed by atoms with van der Waals surface area (Å²) in [5, 5.41) is 12.6. The largest absolute Gasteiger partial charge is 0.393 e. The fourth-order valence-electron chi connectivity index (χ4n) is 2.77. The SMILES string of the molecule is Cc1ccc(CNC(=O)C(C)N2CCC(C(C)O)C2)cc1. The quantitative estimate of drug-likeness (QED) is 0.868. The van der Waals surface area contributed by atoms with Gasteiger partial charge in [0.1, 0.15) is 0 Å². The molecule has 2 rings (SSSR count). The maximum atomic E-state index is 12.2. The number of benzene rings is 1. The molecule has 1 amide bonds. The summed E-state index contributed by atoms with van der Waals surface area (Å²) in [7, 11) is 0. The van der Waals surface area contributed by atoms with E-state index in [0.717, 1.165) is 25.1 Å². The number of hydrogen-bond donors (Lipinski definition) is 2. The van der Waals surface area contributed by atoms with Crippen LogP contribution in [-0.4, -0.2) is 41.1 Å². The first-order valence-corrected chi connectivity index (χ1v) is 7.72. The highest BCUT2D eigenvalue weighted by Crippen LogP contribution is 2.21. The molecule has 0 radical (unpaired) electrons. The van der Waals surface area contributed by atoms with Crippen LogP contribution in [0.3, 0.4) is 0 Å². The number of nitrogens with zero attached hydrogens (tertiary/aromatic N) is 1. The molecule has 116 valence electrons. The molecular formula is C17H26N2O2. The molecule has 0 aliphatic carbocycles. The van der Waals surface area contributed by atoms with Gasteiger partial charge in [0.05, 0.1) is 12.1 Å². The third-order valence-electron chi connectivity index (χ3n) is 4.45. The summed E-state index contributed by atoms with van der Waals surface area (Å²) < 4.78 is 0. The Balaban J connectivity index is 1.81. The fraction of sp³-hybridized carbons (Fsp3) is 0.588. The molecule has 1 aliphatic rings. The number of carbonyl (C=O) groups is 1. The summed E-state index contributed by atoms with van der Waals surface area (Å²) in [6.45, 7) is 8.07. The highest BCUT2D eigenvalue weighted by molar-refractivity contribution is 5.81. The van der Waals surface area contributed by atoms with Crippen molar-refractivity contribution in [1.29, 1.82) is 0 Å². The molecule has 1 fully saturated rings. The molecule has 1 heterocycles. The zero-order chi connectivity index (χ0) is 15.4. The fourth-order valence-corrected chi connectivity index (χ4v) is 2.77. The molecule has 0 spiro atoms. The first-order chi connectivity index (χ1) is 9.97. The van der Waals surface area contributed by atoms with E-state index in [-0.39, 0.29) is 24.0 Å². The molecule has 1 aromatic rings. The van der Waals surface area contributed by atoms with Crippen LogP contribution in [0, 0.1) is 12.8 Å². The summed E-state index contributed by atoms with van der Waals surface area (Å²) in [5.74, 6) is 0.346. The number of aliphatic hydroxyl groups is 1. The van der Waals surface area contributed by atoms with Gasteiger partial charge in [-0.15, -0.1) is 0 Å². The summed E-state index contributed by atoms with van der Waals surface area (Å²) >= 11 is 0. The maximum absolute atomic E-state index is 12.2. The van der Waals surface area contributed by atoms with Crippen molar-refractivity contribution in [1.82, 2.24) is 10.2 Å². The Labute approximate surface area is 127 Å². The predicted molar refractivity (Wildman–Crippen MR) is 83.8 cm³/mol. The van der Waals surface area contributed by atoms with Crippen LogP contribution in [-0.2, 0) is 11.3 Å². The normalized spacial score (nSPS) is 22.0. The Kier molecular flexibility index (Phi) is 5.37. The topological polar surface area (TPSA) is 52.6 Å². The van der Waals surface area contributed by atoms with Crippen LogP contribution in [0.4, 0.5) is 0 Å². The van der Waals surface area contributed by atoms with E-state index in [2.05, 4.69) is 29.3 Å². The van der Waals surface area contributed by atoms with E-state index < -0.39 is 0 Å². The second-order valence-electron chi connectivity index (χ2n) is 6.16. The van der Waals surface area contributed by atoms with Gasteiger partial charge in [-0.05, 0) is 45.2 Å². The molecule has 1 aliphatic heterocycles. The van der Waals surface area contributed by atoms with Crippen molar-refractivity contribution >= 4 is 5.91 Å². The van der Waals surface area contributed by atoms with E-state index in [0.29, 0.717) is 6.54 Å². The van der Waals surface area contributed by atoms with Crippen molar-refractivity contribution in [3.8, 4) is 0 Å². The van der Waals surface area contributed by atoms with Gasteiger partial charge in [0.25, 0.3) is 0 Å². The number of aryl methyl sites for hydroxylation is 1. The number of hydrogen-bond acceptors (Lipinski definition) is 3. The molecule has 3 atom stereocenters. The lowest BCUT2D eigenvalue weighted by atomic mass is 10.0. The minimum atomic E-state index is -0.294. The van der Waals surface area contributed by atoms with Gasteiger partial charge in [-0.3, -0.25) is 9.69 Å². The molecule has 21 heavy (non-hydrogen) atoms. The van der Waals surface area contributed by atoms with Gasteiger partial charge in [-0.1, -0.05) is 29.8 Å². The van der Waals surface area contributed by atoms with Crippen molar-refractivity contribution in [2.24, 2.45) is 5.92 Å². The third kappa shape index (κ3) is 4.29. The molecule has 4 nitrogen and oxygen atoms in total. The van der Waals surface area contributed by atoms with Gasteiger partial charge in [0.2, 0.25) is 5.91 Å². The van der Waals surface area contributed by atoms with Gasteiger partial charge >= 0.3 is 0 Å². The molecule has 0 bridgehead atoms. The van der Waals surface area contributed by atoms with Gasteiger partial charge in [-0.2, -0.15) is 0 Å². The molecule has 1 saturated heterocycles. The zero-order valence-electron chi connectivity index (χ0n) is 13.2. The number of rotatable bonds is 5. The lowest BCUT2D eigenvalue weighted by Crippen LogP contribution is -2.44. The van der Waals surface area contributed by atoms with E-state index >= 15 is 0 Å². The summed E-state index contributed by atoms with van der Waals surface area (Å²) in [4.78, 5) is 14.4. The number of likely N-dealkylation sites (tertiary alicyclic amines) is 1. The lowest BCUT2D eigenvalue weighted by molar-refractivity contribution is -0.125. The summed E-state index contributed by atoms with van der Waals surface area (Å²) in [6.07, 6.45) is 0.672. The third-order valence-corrected chi connectivity index (χ3v) is 4.45. The van der Waals surface area contributed by atoms with Crippen LogP contribution in [0.1, 0.15) is 31.4 Å². The molecule has 0 saturated carbocycles. The average Bonchev–Trinajstić information content (AvgIpc) is 2.95. The van der Waals surface area contributed by atoms with Gasteiger partial charge < -0.3 is 10.4 Å². The smallest absolute Gasteiger partial charge is 0.237 e. The highest BCUT2D eigenvalue weighted by Gasteiger charge is 2.31. The van der Waals surface area contributed by atoms with Gasteiger partial charge in [0.15, 0.2) is 0 Å². The first-order valence-electron chi connectivity index (χ1n) is 7.72. The standard InChI is InChI=1S/C17H26N2O2/c1-12-4-6-15(7-5-12)10-18-17(21)13(2)19-9-8-16(11-19)14(3)20/h4-7,13-14,16,20H,8-11H2,1-3H3,(H,18,21). The van der Waals surface area contributed by atoms with Crippen LogP contribution in [0.25, 0.3) is 0 Å². The maximum Gasteiger partial charge on any atom is 0.237 e. The van der Waals surface area contributed by atoms with Crippen molar-refractivity contribution in [2.45, 2.75) is 45.9 Å². The second-order valence-corrected chi connectivity index (χ2v) is 6.16. The van der Waals surface area contributed by atoms with E-state index in [1.807, 2.05) is 26.0 Å². The Morgan fingerprint density at radius 3 is 2.62 bits per heavy atom. The molecule has 4 heteroatoms. The number of amides is 1. The highest BCUT2D eigenvalue weighted by atomic mass is 16.3.